The van der Waals surface area contributed by atoms with E-state index in [-0.39, 0.29) is 5.97 Å². The molecule has 0 amide bonds. The predicted octanol–water partition coefficient (Wildman–Crippen LogP) is 2.02. The number of rotatable bonds is 6. The first kappa shape index (κ1) is 16.4. The molecule has 3 N–H and O–H groups in total. The van der Waals surface area contributed by atoms with Crippen molar-refractivity contribution in [1.29, 1.82) is 0 Å². The highest BCUT2D eigenvalue weighted by molar-refractivity contribution is 7.80. The van der Waals surface area contributed by atoms with Gasteiger partial charge in [-0.1, -0.05) is 26.1 Å². The molecule has 110 valence electrons. The largest absolute Gasteiger partial charge is 0.467 e. The molecule has 1 aromatic rings. The van der Waals surface area contributed by atoms with Crippen LogP contribution in [-0.2, 0) is 9.53 Å². The van der Waals surface area contributed by atoms with Gasteiger partial charge in [-0.3, -0.25) is 0 Å². The second kappa shape index (κ2) is 7.19. The van der Waals surface area contributed by atoms with Crippen LogP contribution in [0.5, 0.6) is 0 Å². The first-order valence-electron chi connectivity index (χ1n) is 6.46. The fourth-order valence-corrected chi connectivity index (χ4v) is 2.01. The van der Waals surface area contributed by atoms with E-state index in [9.17, 15) is 4.79 Å². The van der Waals surface area contributed by atoms with Crippen LogP contribution < -0.4 is 11.1 Å². The minimum absolute atomic E-state index is 0.303. The summed E-state index contributed by atoms with van der Waals surface area (Å²) >= 11 is 4.97. The van der Waals surface area contributed by atoms with Gasteiger partial charge in [0.05, 0.1) is 7.11 Å². The fraction of sp³-hybridized carbons (Fsp3) is 0.500. The van der Waals surface area contributed by atoms with Crippen LogP contribution in [0.15, 0.2) is 12.1 Å². The van der Waals surface area contributed by atoms with Gasteiger partial charge >= 0.3 is 5.97 Å². The molecule has 0 saturated carbocycles. The molecule has 1 rings (SSSR count). The van der Waals surface area contributed by atoms with Crippen molar-refractivity contribution in [1.82, 2.24) is 4.98 Å². The summed E-state index contributed by atoms with van der Waals surface area (Å²) in [5, 5.41) is 3.10. The molecular formula is C14H21N3O2S. The Bertz CT molecular complexity index is 503. The van der Waals surface area contributed by atoms with Crippen LogP contribution in [0.3, 0.4) is 0 Å². The third-order valence-electron chi connectivity index (χ3n) is 2.75. The summed E-state index contributed by atoms with van der Waals surface area (Å²) in [6.07, 6.45) is 0.657. The lowest BCUT2D eigenvalue weighted by Crippen LogP contribution is -2.32. The number of anilines is 1. The van der Waals surface area contributed by atoms with Crippen molar-refractivity contribution in [2.24, 2.45) is 11.7 Å². The molecule has 1 aromatic heterocycles. The number of nitrogens with zero attached hydrogens (tertiary/aromatic N) is 1. The number of aromatic nitrogens is 1. The zero-order valence-electron chi connectivity index (χ0n) is 12.3. The van der Waals surface area contributed by atoms with Crippen LogP contribution in [0.4, 0.5) is 5.82 Å². The molecule has 5 nitrogen and oxygen atoms in total. The van der Waals surface area contributed by atoms with Crippen LogP contribution in [-0.4, -0.2) is 29.1 Å². The maximum atomic E-state index is 11.8. The summed E-state index contributed by atoms with van der Waals surface area (Å²) < 4.78 is 4.81. The van der Waals surface area contributed by atoms with E-state index in [0.717, 1.165) is 11.3 Å². The molecule has 0 fully saturated rings. The number of ether oxygens (including phenoxy) is 1. The number of pyridine rings is 1. The molecule has 0 radical (unpaired) electrons. The third kappa shape index (κ3) is 4.77. The molecule has 1 atom stereocenters. The minimum atomic E-state index is -0.437. The molecule has 0 spiro atoms. The second-order valence-corrected chi connectivity index (χ2v) is 5.54. The number of aryl methyl sites for hydroxylation is 1. The summed E-state index contributed by atoms with van der Waals surface area (Å²) in [5.41, 5.74) is 7.14. The van der Waals surface area contributed by atoms with Gasteiger partial charge in [-0.05, 0) is 31.4 Å². The highest BCUT2D eigenvalue weighted by Crippen LogP contribution is 2.15. The van der Waals surface area contributed by atoms with Crippen LogP contribution in [0.1, 0.15) is 31.5 Å². The van der Waals surface area contributed by atoms with Gasteiger partial charge in [0.1, 0.15) is 16.8 Å². The minimum Gasteiger partial charge on any atom is -0.467 e. The van der Waals surface area contributed by atoms with Crippen molar-refractivity contribution in [3.63, 3.8) is 0 Å². The number of hydrogen-bond donors (Lipinski definition) is 2. The number of nitrogens with one attached hydrogen (secondary N) is 1. The van der Waals surface area contributed by atoms with Gasteiger partial charge in [0, 0.05) is 11.3 Å². The molecule has 0 saturated heterocycles. The molecule has 1 heterocycles. The standard InChI is InChI=1S/C14H21N3O2S/c1-8(2)5-11(14(18)19-4)17-12-7-10(13(15)20)6-9(3)16-12/h6-8,11H,5H2,1-4H3,(H2,15,20)(H,16,17). The van der Waals surface area contributed by atoms with Crippen molar-refractivity contribution in [3.8, 4) is 0 Å². The molecule has 20 heavy (non-hydrogen) atoms. The number of methoxy groups -OCH3 is 1. The van der Waals surface area contributed by atoms with E-state index in [1.165, 1.54) is 7.11 Å². The Morgan fingerprint density at radius 3 is 2.65 bits per heavy atom. The van der Waals surface area contributed by atoms with E-state index in [2.05, 4.69) is 10.3 Å². The van der Waals surface area contributed by atoms with Crippen LogP contribution in [0.25, 0.3) is 0 Å². The topological polar surface area (TPSA) is 77.2 Å². The number of carbonyl (C=O) groups excluding carboxylic acids is 1. The zero-order chi connectivity index (χ0) is 15.3. The van der Waals surface area contributed by atoms with Gasteiger partial charge < -0.3 is 15.8 Å². The number of nitrogens with two attached hydrogens (primary N) is 1. The Morgan fingerprint density at radius 1 is 1.50 bits per heavy atom. The smallest absolute Gasteiger partial charge is 0.328 e. The molecule has 1 unspecified atom stereocenters. The molecular weight excluding hydrogens is 274 g/mol. The van der Waals surface area contributed by atoms with E-state index in [4.69, 9.17) is 22.7 Å². The highest BCUT2D eigenvalue weighted by Gasteiger charge is 2.21. The van der Waals surface area contributed by atoms with Crippen molar-refractivity contribution in [2.45, 2.75) is 33.2 Å². The van der Waals surface area contributed by atoms with Crippen LogP contribution in [0.2, 0.25) is 0 Å². The molecule has 6 heteroatoms. The average molecular weight is 295 g/mol. The normalized spacial score (nSPS) is 12.1. The quantitative estimate of drug-likeness (QED) is 0.617. The number of esters is 1. The Balaban J connectivity index is 2.98. The van der Waals surface area contributed by atoms with Crippen molar-refractivity contribution >= 4 is 29.0 Å². The Labute approximate surface area is 124 Å². The molecule has 0 aliphatic carbocycles. The number of thiocarbonyl (C=S) groups is 1. The number of hydrogen-bond acceptors (Lipinski definition) is 5. The lowest BCUT2D eigenvalue weighted by Gasteiger charge is -2.19. The van der Waals surface area contributed by atoms with Gasteiger partial charge in [0.2, 0.25) is 0 Å². The Kier molecular flexibility index (Phi) is 5.88. The van der Waals surface area contributed by atoms with E-state index in [0.29, 0.717) is 23.1 Å². The first-order chi connectivity index (χ1) is 9.33. The van der Waals surface area contributed by atoms with Crippen LogP contribution >= 0.6 is 12.2 Å². The number of carbonyl (C=O) groups is 1. The molecule has 0 aromatic carbocycles. The van der Waals surface area contributed by atoms with Crippen LogP contribution in [0, 0.1) is 12.8 Å². The summed E-state index contributed by atoms with van der Waals surface area (Å²) in [4.78, 5) is 16.4. The third-order valence-corrected chi connectivity index (χ3v) is 2.99. The Morgan fingerprint density at radius 2 is 2.15 bits per heavy atom. The predicted molar refractivity (Wildman–Crippen MR) is 83.7 cm³/mol. The fourth-order valence-electron chi connectivity index (χ4n) is 1.89. The maximum absolute atomic E-state index is 11.8. The Hall–Kier alpha value is -1.69. The van der Waals surface area contributed by atoms with E-state index in [1.54, 1.807) is 6.07 Å². The van der Waals surface area contributed by atoms with E-state index in [1.807, 2.05) is 26.8 Å². The lowest BCUT2D eigenvalue weighted by molar-refractivity contribution is -0.141. The van der Waals surface area contributed by atoms with E-state index >= 15 is 0 Å². The van der Waals surface area contributed by atoms with Crippen molar-refractivity contribution in [3.05, 3.63) is 23.4 Å². The maximum Gasteiger partial charge on any atom is 0.328 e. The average Bonchev–Trinajstić information content (AvgIpc) is 2.35. The summed E-state index contributed by atoms with van der Waals surface area (Å²) in [5.74, 6) is 0.620. The van der Waals surface area contributed by atoms with Gasteiger partial charge in [0.15, 0.2) is 0 Å². The highest BCUT2D eigenvalue weighted by atomic mass is 32.1. The van der Waals surface area contributed by atoms with Gasteiger partial charge in [0.25, 0.3) is 0 Å². The summed E-state index contributed by atoms with van der Waals surface area (Å²) in [6, 6.07) is 3.11. The lowest BCUT2D eigenvalue weighted by atomic mass is 10.0. The molecule has 0 aliphatic rings. The summed E-state index contributed by atoms with van der Waals surface area (Å²) in [6.45, 7) is 5.94. The monoisotopic (exact) mass is 295 g/mol. The molecule has 0 bridgehead atoms. The SMILES string of the molecule is COC(=O)C(CC(C)C)Nc1cc(C(N)=S)cc(C)n1. The van der Waals surface area contributed by atoms with Gasteiger partial charge in [-0.25, -0.2) is 9.78 Å². The van der Waals surface area contributed by atoms with E-state index < -0.39 is 6.04 Å². The summed E-state index contributed by atoms with van der Waals surface area (Å²) in [7, 11) is 1.38. The van der Waals surface area contributed by atoms with Gasteiger partial charge in [-0.15, -0.1) is 0 Å². The van der Waals surface area contributed by atoms with Crippen molar-refractivity contribution < 1.29 is 9.53 Å². The zero-order valence-corrected chi connectivity index (χ0v) is 13.1. The molecule has 0 aliphatic heterocycles. The second-order valence-electron chi connectivity index (χ2n) is 5.10. The van der Waals surface area contributed by atoms with Crippen molar-refractivity contribution in [2.75, 3.05) is 12.4 Å². The first-order valence-corrected chi connectivity index (χ1v) is 6.87. The van der Waals surface area contributed by atoms with Gasteiger partial charge in [-0.2, -0.15) is 0 Å².